The highest BCUT2D eigenvalue weighted by atomic mass is 16.6. The minimum Gasteiger partial charge on any atom is -0.504 e. The molecule has 0 radical (unpaired) electrons. The Hall–Kier alpha value is -2.11. The van der Waals surface area contributed by atoms with E-state index in [1.807, 2.05) is 0 Å². The molecule has 0 aliphatic rings. The Morgan fingerprint density at radius 2 is 2.07 bits per heavy atom. The highest BCUT2D eigenvalue weighted by molar-refractivity contribution is 5.80. The van der Waals surface area contributed by atoms with Gasteiger partial charge in [-0.1, -0.05) is 0 Å². The molecular formula is C9H9NO5. The molecule has 6 heteroatoms. The number of carbonyl (C=O) groups is 1. The molecule has 1 aromatic rings. The molecule has 1 rings (SSSR count). The van der Waals surface area contributed by atoms with Crippen LogP contribution in [-0.2, 0) is 11.2 Å². The molecule has 0 aliphatic heterocycles. The first-order valence-corrected chi connectivity index (χ1v) is 4.11. The summed E-state index contributed by atoms with van der Waals surface area (Å²) in [5, 5.41) is 28.9. The van der Waals surface area contributed by atoms with Gasteiger partial charge in [-0.3, -0.25) is 14.9 Å². The van der Waals surface area contributed by atoms with Crippen molar-refractivity contribution in [3.8, 4) is 11.5 Å². The number of nitrogens with zero attached hydrogens (tertiary/aromatic N) is 1. The average Bonchev–Trinajstić information content (AvgIpc) is 2.10. The van der Waals surface area contributed by atoms with Crippen LogP contribution in [0.3, 0.4) is 0 Å². The molecule has 0 saturated carbocycles. The lowest BCUT2D eigenvalue weighted by Crippen LogP contribution is -2.01. The molecule has 6 nitrogen and oxygen atoms in total. The van der Waals surface area contributed by atoms with Crippen LogP contribution in [0.1, 0.15) is 12.5 Å². The number of hydrogen-bond donors (Lipinski definition) is 2. The van der Waals surface area contributed by atoms with Crippen LogP contribution in [0.4, 0.5) is 5.69 Å². The van der Waals surface area contributed by atoms with Crippen LogP contribution in [-0.4, -0.2) is 20.9 Å². The number of aromatic hydroxyl groups is 2. The van der Waals surface area contributed by atoms with Crippen LogP contribution in [0.2, 0.25) is 0 Å². The summed E-state index contributed by atoms with van der Waals surface area (Å²) in [6, 6.07) is 2.36. The van der Waals surface area contributed by atoms with Gasteiger partial charge in [0.1, 0.15) is 5.78 Å². The van der Waals surface area contributed by atoms with Gasteiger partial charge in [-0.25, -0.2) is 0 Å². The minimum atomic E-state index is -0.826. The van der Waals surface area contributed by atoms with E-state index in [0.717, 1.165) is 6.07 Å². The standard InChI is InChI=1S/C9H9NO5/c1-5(11)4-6-2-3-7(12)9(13)8(6)10(14)15/h2-3,12-13H,4H2,1H3. The fourth-order valence-electron chi connectivity index (χ4n) is 1.23. The topological polar surface area (TPSA) is 101 Å². The van der Waals surface area contributed by atoms with Gasteiger partial charge in [-0.05, 0) is 19.1 Å². The van der Waals surface area contributed by atoms with Crippen LogP contribution in [0.5, 0.6) is 11.5 Å². The smallest absolute Gasteiger partial charge is 0.318 e. The SMILES string of the molecule is CC(=O)Cc1ccc(O)c(O)c1[N+](=O)[O-]. The first-order valence-electron chi connectivity index (χ1n) is 4.11. The number of nitro groups is 1. The van der Waals surface area contributed by atoms with E-state index in [-0.39, 0.29) is 17.8 Å². The summed E-state index contributed by atoms with van der Waals surface area (Å²) in [4.78, 5) is 20.6. The van der Waals surface area contributed by atoms with Gasteiger partial charge in [-0.2, -0.15) is 0 Å². The van der Waals surface area contributed by atoms with Crippen molar-refractivity contribution in [1.82, 2.24) is 0 Å². The Morgan fingerprint density at radius 3 is 2.53 bits per heavy atom. The predicted molar refractivity (Wildman–Crippen MR) is 50.8 cm³/mol. The minimum absolute atomic E-state index is 0.0859. The maximum absolute atomic E-state index is 10.8. The first-order chi connectivity index (χ1) is 6.93. The van der Waals surface area contributed by atoms with Crippen molar-refractivity contribution >= 4 is 11.5 Å². The molecule has 0 saturated heterocycles. The molecule has 0 heterocycles. The zero-order chi connectivity index (χ0) is 11.6. The fourth-order valence-corrected chi connectivity index (χ4v) is 1.23. The third-order valence-corrected chi connectivity index (χ3v) is 1.84. The highest BCUT2D eigenvalue weighted by Gasteiger charge is 2.23. The third-order valence-electron chi connectivity index (χ3n) is 1.84. The number of Topliss-reactive ketones (excluding diaryl/α,β-unsaturated/α-hetero) is 1. The largest absolute Gasteiger partial charge is 0.504 e. The van der Waals surface area contributed by atoms with Gasteiger partial charge in [0, 0.05) is 12.0 Å². The second-order valence-corrected chi connectivity index (χ2v) is 3.08. The van der Waals surface area contributed by atoms with Gasteiger partial charge < -0.3 is 10.2 Å². The summed E-state index contributed by atoms with van der Waals surface area (Å²) in [5.41, 5.74) is -0.534. The summed E-state index contributed by atoms with van der Waals surface area (Å²) >= 11 is 0. The molecule has 0 bridgehead atoms. The van der Waals surface area contributed by atoms with E-state index in [1.54, 1.807) is 0 Å². The summed E-state index contributed by atoms with van der Waals surface area (Å²) in [6.45, 7) is 1.29. The number of nitro benzene ring substituents is 1. The molecule has 0 amide bonds. The van der Waals surface area contributed by atoms with E-state index in [2.05, 4.69) is 0 Å². The van der Waals surface area contributed by atoms with Crippen molar-refractivity contribution < 1.29 is 19.9 Å². The maximum Gasteiger partial charge on any atom is 0.318 e. The second-order valence-electron chi connectivity index (χ2n) is 3.08. The lowest BCUT2D eigenvalue weighted by atomic mass is 10.1. The Morgan fingerprint density at radius 1 is 1.47 bits per heavy atom. The fraction of sp³-hybridized carbons (Fsp3) is 0.222. The van der Waals surface area contributed by atoms with E-state index in [4.69, 9.17) is 5.11 Å². The van der Waals surface area contributed by atoms with Crippen LogP contribution in [0.25, 0.3) is 0 Å². The summed E-state index contributed by atoms with van der Waals surface area (Å²) < 4.78 is 0. The van der Waals surface area contributed by atoms with Crippen LogP contribution in [0, 0.1) is 10.1 Å². The zero-order valence-corrected chi connectivity index (χ0v) is 7.93. The van der Waals surface area contributed by atoms with E-state index < -0.39 is 22.1 Å². The maximum atomic E-state index is 10.8. The Labute approximate surface area is 84.9 Å². The Bertz CT molecular complexity index is 427. The number of phenols is 2. The van der Waals surface area contributed by atoms with Crippen molar-refractivity contribution in [2.75, 3.05) is 0 Å². The van der Waals surface area contributed by atoms with E-state index in [9.17, 15) is 20.0 Å². The monoisotopic (exact) mass is 211 g/mol. The summed E-state index contributed by atoms with van der Waals surface area (Å²) in [6.07, 6.45) is -0.149. The molecule has 0 spiro atoms. The zero-order valence-electron chi connectivity index (χ0n) is 7.93. The summed E-state index contributed by atoms with van der Waals surface area (Å²) in [5.74, 6) is -1.64. The van der Waals surface area contributed by atoms with Crippen LogP contribution in [0.15, 0.2) is 12.1 Å². The van der Waals surface area contributed by atoms with Crippen LogP contribution >= 0.6 is 0 Å². The van der Waals surface area contributed by atoms with Gasteiger partial charge in [0.05, 0.1) is 4.92 Å². The molecule has 15 heavy (non-hydrogen) atoms. The van der Waals surface area contributed by atoms with Crippen molar-refractivity contribution in [3.63, 3.8) is 0 Å². The molecule has 2 N–H and O–H groups in total. The van der Waals surface area contributed by atoms with Gasteiger partial charge in [0.2, 0.25) is 5.75 Å². The Balaban J connectivity index is 3.33. The number of phenolic OH excluding ortho intramolecular Hbond substituents is 2. The molecule has 0 aromatic heterocycles. The average molecular weight is 211 g/mol. The van der Waals surface area contributed by atoms with E-state index >= 15 is 0 Å². The molecule has 0 unspecified atom stereocenters. The number of benzene rings is 1. The van der Waals surface area contributed by atoms with Crippen molar-refractivity contribution in [2.45, 2.75) is 13.3 Å². The number of rotatable bonds is 3. The van der Waals surface area contributed by atoms with Gasteiger partial charge in [0.15, 0.2) is 5.75 Å². The third kappa shape index (κ3) is 2.22. The molecule has 80 valence electrons. The molecule has 0 atom stereocenters. The lowest BCUT2D eigenvalue weighted by molar-refractivity contribution is -0.386. The molecule has 0 aliphatic carbocycles. The van der Waals surface area contributed by atoms with E-state index in [1.165, 1.54) is 13.0 Å². The normalized spacial score (nSPS) is 9.93. The summed E-state index contributed by atoms with van der Waals surface area (Å²) in [7, 11) is 0. The van der Waals surface area contributed by atoms with Gasteiger partial charge >= 0.3 is 5.69 Å². The number of carbonyl (C=O) groups excluding carboxylic acids is 1. The molecule has 1 aromatic carbocycles. The number of ketones is 1. The van der Waals surface area contributed by atoms with Crippen LogP contribution < -0.4 is 0 Å². The van der Waals surface area contributed by atoms with Gasteiger partial charge in [0.25, 0.3) is 0 Å². The van der Waals surface area contributed by atoms with Crippen molar-refractivity contribution in [2.24, 2.45) is 0 Å². The Kier molecular flexibility index (Phi) is 2.89. The molecular weight excluding hydrogens is 202 g/mol. The quantitative estimate of drug-likeness (QED) is 0.443. The predicted octanol–water partition coefficient (Wildman–Crippen LogP) is 1.14. The highest BCUT2D eigenvalue weighted by Crippen LogP contribution is 2.37. The first kappa shape index (κ1) is 11.0. The van der Waals surface area contributed by atoms with Gasteiger partial charge in [-0.15, -0.1) is 0 Å². The van der Waals surface area contributed by atoms with Crippen molar-refractivity contribution in [3.05, 3.63) is 27.8 Å². The second kappa shape index (κ2) is 3.95. The van der Waals surface area contributed by atoms with Crippen molar-refractivity contribution in [1.29, 1.82) is 0 Å². The molecule has 0 fully saturated rings. The lowest BCUT2D eigenvalue weighted by Gasteiger charge is -2.03. The van der Waals surface area contributed by atoms with E-state index in [0.29, 0.717) is 0 Å². The number of hydrogen-bond acceptors (Lipinski definition) is 5.